The molecule has 0 N–H and O–H groups in total. The highest BCUT2D eigenvalue weighted by molar-refractivity contribution is 9.10. The third kappa shape index (κ3) is 3.89. The highest BCUT2D eigenvalue weighted by Crippen LogP contribution is 2.23. The molecule has 0 bridgehead atoms. The topological polar surface area (TPSA) is 57.0 Å². The highest BCUT2D eigenvalue weighted by atomic mass is 79.9. The van der Waals surface area contributed by atoms with Gasteiger partial charge in [-0.25, -0.2) is 9.67 Å². The SMILES string of the molecule is Cc1ccc(OCc2ccccc2)c(C(=O)Cn2ncnc2Br)c1. The molecule has 0 aliphatic rings. The molecule has 1 aromatic heterocycles. The van der Waals surface area contributed by atoms with Crippen molar-refractivity contribution < 1.29 is 9.53 Å². The number of benzene rings is 2. The lowest BCUT2D eigenvalue weighted by atomic mass is 10.1. The van der Waals surface area contributed by atoms with Crippen molar-refractivity contribution in [3.63, 3.8) is 0 Å². The van der Waals surface area contributed by atoms with Gasteiger partial charge >= 0.3 is 0 Å². The van der Waals surface area contributed by atoms with E-state index in [0.29, 0.717) is 22.7 Å². The fraction of sp³-hybridized carbons (Fsp3) is 0.167. The molecule has 0 saturated carbocycles. The van der Waals surface area contributed by atoms with E-state index >= 15 is 0 Å². The quantitative estimate of drug-likeness (QED) is 0.605. The van der Waals surface area contributed by atoms with Gasteiger partial charge in [0, 0.05) is 0 Å². The summed E-state index contributed by atoms with van der Waals surface area (Å²) in [5, 5.41) is 4.02. The van der Waals surface area contributed by atoms with E-state index in [1.807, 2.05) is 55.5 Å². The fourth-order valence-electron chi connectivity index (χ4n) is 2.30. The minimum Gasteiger partial charge on any atom is -0.488 e. The second-order valence-corrected chi connectivity index (χ2v) is 6.09. The van der Waals surface area contributed by atoms with Crippen molar-refractivity contribution in [2.24, 2.45) is 0 Å². The number of rotatable bonds is 6. The van der Waals surface area contributed by atoms with E-state index in [4.69, 9.17) is 4.74 Å². The Morgan fingerprint density at radius 1 is 1.21 bits per heavy atom. The Balaban J connectivity index is 1.80. The Hall–Kier alpha value is -2.47. The average molecular weight is 386 g/mol. The van der Waals surface area contributed by atoms with Crippen LogP contribution in [-0.2, 0) is 13.2 Å². The van der Waals surface area contributed by atoms with Gasteiger partial charge in [-0.3, -0.25) is 4.79 Å². The summed E-state index contributed by atoms with van der Waals surface area (Å²) in [5.74, 6) is 0.499. The molecule has 0 unspecified atom stereocenters. The largest absolute Gasteiger partial charge is 0.488 e. The predicted octanol–water partition coefficient (Wildman–Crippen LogP) is 3.81. The first-order valence-electron chi connectivity index (χ1n) is 7.47. The van der Waals surface area contributed by atoms with Crippen molar-refractivity contribution in [3.8, 4) is 5.75 Å². The average Bonchev–Trinajstić information content (AvgIpc) is 2.99. The number of nitrogens with zero attached hydrogens (tertiary/aromatic N) is 3. The second kappa shape index (κ2) is 7.40. The maximum Gasteiger partial charge on any atom is 0.195 e. The van der Waals surface area contributed by atoms with Gasteiger partial charge in [0.25, 0.3) is 0 Å². The Labute approximate surface area is 148 Å². The summed E-state index contributed by atoms with van der Waals surface area (Å²) in [5.41, 5.74) is 2.60. The maximum atomic E-state index is 12.7. The summed E-state index contributed by atoms with van der Waals surface area (Å²) in [6.45, 7) is 2.46. The van der Waals surface area contributed by atoms with Crippen LogP contribution in [0.25, 0.3) is 0 Å². The first-order valence-corrected chi connectivity index (χ1v) is 8.26. The zero-order chi connectivity index (χ0) is 16.9. The predicted molar refractivity (Wildman–Crippen MR) is 94.0 cm³/mol. The molecule has 1 heterocycles. The molecule has 0 saturated heterocycles. The van der Waals surface area contributed by atoms with Crippen molar-refractivity contribution >= 4 is 21.7 Å². The number of carbonyl (C=O) groups is 1. The molecule has 0 fully saturated rings. The molecule has 0 atom stereocenters. The number of aromatic nitrogens is 3. The minimum atomic E-state index is -0.0760. The molecule has 3 rings (SSSR count). The lowest BCUT2D eigenvalue weighted by Gasteiger charge is -2.12. The standard InChI is InChI=1S/C18H16BrN3O2/c1-13-7-8-17(24-11-14-5-3-2-4-6-14)15(9-13)16(23)10-22-18(19)20-12-21-22/h2-9,12H,10-11H2,1H3. The zero-order valence-electron chi connectivity index (χ0n) is 13.1. The zero-order valence-corrected chi connectivity index (χ0v) is 14.7. The highest BCUT2D eigenvalue weighted by Gasteiger charge is 2.15. The smallest absolute Gasteiger partial charge is 0.195 e. The number of hydrogen-bond acceptors (Lipinski definition) is 4. The third-order valence-corrected chi connectivity index (χ3v) is 4.15. The van der Waals surface area contributed by atoms with Crippen LogP contribution in [0.1, 0.15) is 21.5 Å². The Bertz CT molecular complexity index is 846. The van der Waals surface area contributed by atoms with E-state index in [2.05, 4.69) is 26.0 Å². The summed E-state index contributed by atoms with van der Waals surface area (Å²) in [6.07, 6.45) is 1.40. The lowest BCUT2D eigenvalue weighted by molar-refractivity contribution is 0.0962. The summed E-state index contributed by atoms with van der Waals surface area (Å²) < 4.78 is 7.90. The van der Waals surface area contributed by atoms with Crippen LogP contribution in [0.2, 0.25) is 0 Å². The van der Waals surface area contributed by atoms with Crippen LogP contribution in [0.5, 0.6) is 5.75 Å². The van der Waals surface area contributed by atoms with Crippen LogP contribution in [0.15, 0.2) is 59.6 Å². The Morgan fingerprint density at radius 2 is 2.00 bits per heavy atom. The van der Waals surface area contributed by atoms with Crippen LogP contribution in [0.3, 0.4) is 0 Å². The third-order valence-electron chi connectivity index (χ3n) is 3.53. The molecule has 6 heteroatoms. The number of carbonyl (C=O) groups excluding carboxylic acids is 1. The van der Waals surface area contributed by atoms with Crippen molar-refractivity contribution in [1.82, 2.24) is 14.8 Å². The van der Waals surface area contributed by atoms with Crippen LogP contribution in [0, 0.1) is 6.92 Å². The molecular weight excluding hydrogens is 370 g/mol. The molecule has 0 aliphatic heterocycles. The van der Waals surface area contributed by atoms with Gasteiger partial charge in [-0.1, -0.05) is 42.0 Å². The van der Waals surface area contributed by atoms with Crippen LogP contribution >= 0.6 is 15.9 Å². The van der Waals surface area contributed by atoms with Crippen molar-refractivity contribution in [1.29, 1.82) is 0 Å². The molecule has 0 radical (unpaired) electrons. The van der Waals surface area contributed by atoms with E-state index in [9.17, 15) is 4.79 Å². The van der Waals surface area contributed by atoms with Crippen LogP contribution in [0.4, 0.5) is 0 Å². The van der Waals surface area contributed by atoms with Gasteiger partial charge in [0.05, 0.1) is 5.56 Å². The van der Waals surface area contributed by atoms with Crippen molar-refractivity contribution in [2.75, 3.05) is 0 Å². The summed E-state index contributed by atoms with van der Waals surface area (Å²) in [6, 6.07) is 15.5. The lowest BCUT2D eigenvalue weighted by Crippen LogP contribution is -2.13. The summed E-state index contributed by atoms with van der Waals surface area (Å²) in [7, 11) is 0. The minimum absolute atomic E-state index is 0.0760. The van der Waals surface area contributed by atoms with Crippen molar-refractivity contribution in [2.45, 2.75) is 20.1 Å². The first-order chi connectivity index (χ1) is 11.6. The molecule has 2 aromatic carbocycles. The molecule has 0 spiro atoms. The molecule has 24 heavy (non-hydrogen) atoms. The van der Waals surface area contributed by atoms with Gasteiger partial charge in [0.1, 0.15) is 25.2 Å². The Morgan fingerprint density at radius 3 is 2.71 bits per heavy atom. The number of aryl methyl sites for hydroxylation is 1. The van der Waals surface area contributed by atoms with E-state index in [1.54, 1.807) is 0 Å². The normalized spacial score (nSPS) is 10.6. The first kappa shape index (κ1) is 16.4. The molecule has 0 aliphatic carbocycles. The second-order valence-electron chi connectivity index (χ2n) is 5.38. The van der Waals surface area contributed by atoms with Crippen molar-refractivity contribution in [3.05, 3.63) is 76.3 Å². The van der Waals surface area contributed by atoms with E-state index in [0.717, 1.165) is 11.1 Å². The Kier molecular flexibility index (Phi) is 5.05. The maximum absolute atomic E-state index is 12.7. The fourth-order valence-corrected chi connectivity index (χ4v) is 2.61. The van der Waals surface area contributed by atoms with E-state index in [1.165, 1.54) is 11.0 Å². The van der Waals surface area contributed by atoms with E-state index in [-0.39, 0.29) is 12.3 Å². The van der Waals surface area contributed by atoms with Crippen LogP contribution in [-0.4, -0.2) is 20.5 Å². The summed E-state index contributed by atoms with van der Waals surface area (Å²) >= 11 is 3.27. The van der Waals surface area contributed by atoms with Gasteiger partial charge in [-0.2, -0.15) is 5.10 Å². The van der Waals surface area contributed by atoms with Gasteiger partial charge in [0.15, 0.2) is 10.5 Å². The van der Waals surface area contributed by atoms with Crippen LogP contribution < -0.4 is 4.74 Å². The van der Waals surface area contributed by atoms with Gasteiger partial charge in [-0.15, -0.1) is 0 Å². The number of hydrogen-bond donors (Lipinski definition) is 0. The molecule has 5 nitrogen and oxygen atoms in total. The molecule has 3 aromatic rings. The number of halogens is 1. The number of ketones is 1. The molecular formula is C18H16BrN3O2. The van der Waals surface area contributed by atoms with Gasteiger partial charge < -0.3 is 4.74 Å². The summed E-state index contributed by atoms with van der Waals surface area (Å²) in [4.78, 5) is 16.6. The van der Waals surface area contributed by atoms with Gasteiger partial charge in [-0.05, 0) is 40.5 Å². The molecule has 0 amide bonds. The van der Waals surface area contributed by atoms with Gasteiger partial charge in [0.2, 0.25) is 0 Å². The molecule has 122 valence electrons. The monoisotopic (exact) mass is 385 g/mol. The number of Topliss-reactive ketones (excluding diaryl/α,β-unsaturated/α-hetero) is 1. The number of ether oxygens (including phenoxy) is 1. The van der Waals surface area contributed by atoms with E-state index < -0.39 is 0 Å².